The van der Waals surface area contributed by atoms with Gasteiger partial charge < -0.3 is 9.84 Å². The van der Waals surface area contributed by atoms with Crippen LogP contribution in [0.4, 0.5) is 0 Å². The number of nitrogens with zero attached hydrogens (tertiary/aromatic N) is 3. The molecule has 0 aliphatic heterocycles. The molecule has 0 amide bonds. The maximum Gasteiger partial charge on any atom is 0.335 e. The zero-order valence-electron chi connectivity index (χ0n) is 14.3. The summed E-state index contributed by atoms with van der Waals surface area (Å²) in [4.78, 5) is 23.8. The second-order valence-electron chi connectivity index (χ2n) is 4.75. The maximum absolute atomic E-state index is 11.1. The molecule has 3 rings (SSSR count). The molecule has 0 radical (unpaired) electrons. The van der Waals surface area contributed by atoms with Crippen LogP contribution in [0.25, 0.3) is 22.8 Å². The summed E-state index contributed by atoms with van der Waals surface area (Å²) in [6, 6.07) is 13.9. The number of carbonyl (C=O) groups is 1. The molecule has 2 aromatic carbocycles. The lowest BCUT2D eigenvalue weighted by Crippen LogP contribution is -1.99. The van der Waals surface area contributed by atoms with Crippen LogP contribution in [-0.4, -0.2) is 33.1 Å². The van der Waals surface area contributed by atoms with Gasteiger partial charge in [-0.05, 0) is 24.3 Å². The van der Waals surface area contributed by atoms with Gasteiger partial charge in [0.2, 0.25) is 0 Å². The van der Waals surface area contributed by atoms with Crippen molar-refractivity contribution in [3.8, 4) is 28.5 Å². The van der Waals surface area contributed by atoms with Crippen molar-refractivity contribution in [2.45, 2.75) is 13.8 Å². The smallest absolute Gasteiger partial charge is 0.335 e. The number of aromatic carboxylic acids is 1. The molecule has 0 bridgehead atoms. The molecule has 0 aliphatic carbocycles. The highest BCUT2D eigenvalue weighted by atomic mass is 16.5. The first kappa shape index (κ1) is 18.1. The van der Waals surface area contributed by atoms with E-state index in [1.807, 2.05) is 38.1 Å². The molecule has 0 saturated heterocycles. The standard InChI is InChI=1S/C17H13N3O3.C2H6/c1-23-14-7-3-5-12(9-14)16-19-10-18-15(20-16)11-4-2-6-13(8-11)17(21)22;1-2/h2-10H,1H3,(H,21,22);1-2H3. The van der Waals surface area contributed by atoms with E-state index in [0.29, 0.717) is 23.0 Å². The fourth-order valence-electron chi connectivity index (χ4n) is 2.13. The van der Waals surface area contributed by atoms with E-state index < -0.39 is 5.97 Å². The second-order valence-corrected chi connectivity index (χ2v) is 4.75. The average Bonchev–Trinajstić information content (AvgIpc) is 2.70. The van der Waals surface area contributed by atoms with E-state index in [1.54, 1.807) is 19.2 Å². The van der Waals surface area contributed by atoms with Gasteiger partial charge in [0.1, 0.15) is 12.1 Å². The molecular weight excluding hydrogens is 318 g/mol. The Kier molecular flexibility index (Phi) is 6.17. The molecule has 0 aliphatic rings. The molecule has 6 nitrogen and oxygen atoms in total. The van der Waals surface area contributed by atoms with E-state index >= 15 is 0 Å². The van der Waals surface area contributed by atoms with Crippen molar-refractivity contribution in [1.29, 1.82) is 0 Å². The highest BCUT2D eigenvalue weighted by Crippen LogP contribution is 2.23. The molecule has 0 unspecified atom stereocenters. The first-order chi connectivity index (χ1) is 12.2. The molecule has 128 valence electrons. The summed E-state index contributed by atoms with van der Waals surface area (Å²) in [7, 11) is 1.59. The maximum atomic E-state index is 11.1. The van der Waals surface area contributed by atoms with E-state index in [0.717, 1.165) is 5.56 Å². The lowest BCUT2D eigenvalue weighted by molar-refractivity contribution is 0.0697. The average molecular weight is 337 g/mol. The van der Waals surface area contributed by atoms with E-state index in [9.17, 15) is 4.79 Å². The lowest BCUT2D eigenvalue weighted by atomic mass is 10.1. The minimum absolute atomic E-state index is 0.186. The highest BCUT2D eigenvalue weighted by Gasteiger charge is 2.09. The fraction of sp³-hybridized carbons (Fsp3) is 0.158. The molecular formula is C19H19N3O3. The number of methoxy groups -OCH3 is 1. The summed E-state index contributed by atoms with van der Waals surface area (Å²) in [6.07, 6.45) is 1.41. The van der Waals surface area contributed by atoms with Gasteiger partial charge in [0, 0.05) is 11.1 Å². The van der Waals surface area contributed by atoms with Gasteiger partial charge in [-0.1, -0.05) is 38.1 Å². The van der Waals surface area contributed by atoms with Crippen molar-refractivity contribution in [3.63, 3.8) is 0 Å². The Morgan fingerprint density at radius 1 is 0.960 bits per heavy atom. The fourth-order valence-corrected chi connectivity index (χ4v) is 2.13. The number of hydrogen-bond donors (Lipinski definition) is 1. The predicted octanol–water partition coefficient (Wildman–Crippen LogP) is 3.94. The summed E-state index contributed by atoms with van der Waals surface area (Å²) in [6.45, 7) is 4.00. The van der Waals surface area contributed by atoms with Gasteiger partial charge in [-0.15, -0.1) is 0 Å². The molecule has 0 atom stereocenters. The number of aromatic nitrogens is 3. The highest BCUT2D eigenvalue weighted by molar-refractivity contribution is 5.89. The normalized spacial score (nSPS) is 9.72. The minimum atomic E-state index is -0.992. The Balaban J connectivity index is 0.00000109. The van der Waals surface area contributed by atoms with Crippen LogP contribution in [0.2, 0.25) is 0 Å². The van der Waals surface area contributed by atoms with Crippen LogP contribution in [-0.2, 0) is 0 Å². The Morgan fingerprint density at radius 3 is 2.16 bits per heavy atom. The third-order valence-corrected chi connectivity index (χ3v) is 3.27. The Bertz CT molecular complexity index is 866. The quantitative estimate of drug-likeness (QED) is 0.776. The number of benzene rings is 2. The summed E-state index contributed by atoms with van der Waals surface area (Å²) < 4.78 is 5.20. The van der Waals surface area contributed by atoms with Crippen molar-refractivity contribution in [2.75, 3.05) is 7.11 Å². The summed E-state index contributed by atoms with van der Waals surface area (Å²) in [5.41, 5.74) is 1.60. The van der Waals surface area contributed by atoms with E-state index in [1.165, 1.54) is 18.5 Å². The summed E-state index contributed by atoms with van der Waals surface area (Å²) >= 11 is 0. The van der Waals surface area contributed by atoms with Crippen molar-refractivity contribution >= 4 is 5.97 Å². The molecule has 0 fully saturated rings. The van der Waals surface area contributed by atoms with Gasteiger partial charge in [-0.2, -0.15) is 0 Å². The van der Waals surface area contributed by atoms with Crippen molar-refractivity contribution in [1.82, 2.24) is 15.0 Å². The largest absolute Gasteiger partial charge is 0.497 e. The van der Waals surface area contributed by atoms with E-state index in [4.69, 9.17) is 9.84 Å². The summed E-state index contributed by atoms with van der Waals surface area (Å²) in [5, 5.41) is 9.08. The van der Waals surface area contributed by atoms with E-state index in [-0.39, 0.29) is 5.56 Å². The third kappa shape index (κ3) is 4.38. The second kappa shape index (κ2) is 8.54. The molecule has 1 N–H and O–H groups in total. The SMILES string of the molecule is CC.COc1cccc(-c2ncnc(-c3cccc(C(=O)O)c3)n2)c1. The topological polar surface area (TPSA) is 85.2 Å². The molecule has 1 aromatic heterocycles. The van der Waals surface area contributed by atoms with Gasteiger partial charge in [-0.3, -0.25) is 0 Å². The van der Waals surface area contributed by atoms with Crippen LogP contribution < -0.4 is 4.74 Å². The van der Waals surface area contributed by atoms with Crippen molar-refractivity contribution < 1.29 is 14.6 Å². The Morgan fingerprint density at radius 2 is 1.56 bits per heavy atom. The predicted molar refractivity (Wildman–Crippen MR) is 95.6 cm³/mol. The molecule has 6 heteroatoms. The van der Waals surface area contributed by atoms with Crippen LogP contribution in [0, 0.1) is 0 Å². The van der Waals surface area contributed by atoms with Gasteiger partial charge >= 0.3 is 5.97 Å². The zero-order chi connectivity index (χ0) is 18.2. The van der Waals surface area contributed by atoms with Crippen molar-refractivity contribution in [3.05, 3.63) is 60.4 Å². The molecule has 3 aromatic rings. The van der Waals surface area contributed by atoms with Crippen LogP contribution in [0.5, 0.6) is 5.75 Å². The molecule has 0 saturated carbocycles. The minimum Gasteiger partial charge on any atom is -0.497 e. The van der Waals surface area contributed by atoms with Gasteiger partial charge in [0.15, 0.2) is 11.6 Å². The number of carboxylic acids is 1. The molecule has 25 heavy (non-hydrogen) atoms. The lowest BCUT2D eigenvalue weighted by Gasteiger charge is -2.05. The summed E-state index contributed by atoms with van der Waals surface area (Å²) in [5.74, 6) is 0.627. The molecule has 1 heterocycles. The monoisotopic (exact) mass is 337 g/mol. The Hall–Kier alpha value is -3.28. The number of carboxylic acid groups (broad SMARTS) is 1. The zero-order valence-corrected chi connectivity index (χ0v) is 14.3. The van der Waals surface area contributed by atoms with E-state index in [2.05, 4.69) is 15.0 Å². The third-order valence-electron chi connectivity index (χ3n) is 3.27. The van der Waals surface area contributed by atoms with Crippen LogP contribution in [0.1, 0.15) is 24.2 Å². The van der Waals surface area contributed by atoms with Crippen LogP contribution in [0.15, 0.2) is 54.9 Å². The molecule has 0 spiro atoms. The first-order valence-corrected chi connectivity index (χ1v) is 7.84. The van der Waals surface area contributed by atoms with Gasteiger partial charge in [-0.25, -0.2) is 19.7 Å². The number of rotatable bonds is 4. The van der Waals surface area contributed by atoms with Gasteiger partial charge in [0.25, 0.3) is 0 Å². The number of hydrogen-bond acceptors (Lipinski definition) is 5. The van der Waals surface area contributed by atoms with Gasteiger partial charge in [0.05, 0.1) is 12.7 Å². The Labute approximate surface area is 146 Å². The first-order valence-electron chi connectivity index (χ1n) is 7.84. The van der Waals surface area contributed by atoms with Crippen LogP contribution >= 0.6 is 0 Å². The number of ether oxygens (including phenoxy) is 1. The van der Waals surface area contributed by atoms with Crippen LogP contribution in [0.3, 0.4) is 0 Å². The van der Waals surface area contributed by atoms with Crippen molar-refractivity contribution in [2.24, 2.45) is 0 Å².